The van der Waals surface area contributed by atoms with Gasteiger partial charge in [-0.2, -0.15) is 0 Å². The lowest BCUT2D eigenvalue weighted by Gasteiger charge is -2.35. The molecule has 0 bridgehead atoms. The number of amides is 1. The Kier molecular flexibility index (Phi) is 4.64. The molecule has 1 heterocycles. The molecule has 0 aliphatic carbocycles. The Morgan fingerprint density at radius 3 is 2.41 bits per heavy atom. The highest BCUT2D eigenvalue weighted by Gasteiger charge is 2.34. The van der Waals surface area contributed by atoms with Crippen molar-refractivity contribution in [3.8, 4) is 11.1 Å². The number of benzene rings is 2. The maximum Gasteiger partial charge on any atom is 0.237 e. The van der Waals surface area contributed by atoms with Crippen LogP contribution in [0.4, 0.5) is 0 Å². The second kappa shape index (κ2) is 6.84. The smallest absolute Gasteiger partial charge is 0.237 e. The summed E-state index contributed by atoms with van der Waals surface area (Å²) >= 11 is 1.51. The van der Waals surface area contributed by atoms with Gasteiger partial charge in [0, 0.05) is 12.8 Å². The first-order valence-corrected chi connectivity index (χ1v) is 8.63. The quantitative estimate of drug-likeness (QED) is 0.599. The molecule has 1 fully saturated rings. The number of nitrogens with zero attached hydrogens (tertiary/aromatic N) is 1. The van der Waals surface area contributed by atoms with E-state index >= 15 is 0 Å². The zero-order valence-electron chi connectivity index (χ0n) is 12.6. The van der Waals surface area contributed by atoms with Crippen molar-refractivity contribution in [2.75, 3.05) is 12.8 Å². The molecule has 112 valence electrons. The summed E-state index contributed by atoms with van der Waals surface area (Å²) in [6.45, 7) is 0.872. The van der Waals surface area contributed by atoms with Crippen molar-refractivity contribution in [1.29, 1.82) is 0 Å². The van der Waals surface area contributed by atoms with Gasteiger partial charge in [0.25, 0.3) is 0 Å². The van der Waals surface area contributed by atoms with E-state index in [1.165, 1.54) is 28.6 Å². The summed E-state index contributed by atoms with van der Waals surface area (Å²) in [5.74, 6) is 0.434. The summed E-state index contributed by atoms with van der Waals surface area (Å²) in [5.41, 5.74) is 3.63. The third-order valence-electron chi connectivity index (χ3n) is 3.95. The lowest BCUT2D eigenvalue weighted by molar-refractivity contribution is -0.139. The molecule has 0 radical (unpaired) electrons. The van der Waals surface area contributed by atoms with Crippen LogP contribution >= 0.6 is 11.9 Å². The average molecular weight is 309 g/mol. The van der Waals surface area contributed by atoms with Crippen LogP contribution in [0, 0.1) is 5.92 Å². The molecule has 22 heavy (non-hydrogen) atoms. The molecular formula is C19H19NOS. The second-order valence-electron chi connectivity index (χ2n) is 5.40. The van der Waals surface area contributed by atoms with Gasteiger partial charge < -0.3 is 0 Å². The maximum atomic E-state index is 11.7. The predicted molar refractivity (Wildman–Crippen MR) is 94.2 cm³/mol. The largest absolute Gasteiger partial charge is 0.286 e. The van der Waals surface area contributed by atoms with Crippen molar-refractivity contribution < 1.29 is 4.79 Å². The second-order valence-corrected chi connectivity index (χ2v) is 6.21. The normalized spacial score (nSPS) is 17.8. The minimum Gasteiger partial charge on any atom is -0.286 e. The Bertz CT molecular complexity index is 664. The van der Waals surface area contributed by atoms with Gasteiger partial charge in [-0.1, -0.05) is 78.7 Å². The van der Waals surface area contributed by atoms with Crippen LogP contribution < -0.4 is 0 Å². The summed E-state index contributed by atoms with van der Waals surface area (Å²) in [4.78, 5) is 11.7. The molecule has 3 heteroatoms. The fourth-order valence-electron chi connectivity index (χ4n) is 2.58. The first kappa shape index (κ1) is 14.9. The van der Waals surface area contributed by atoms with E-state index in [-0.39, 0.29) is 11.8 Å². The van der Waals surface area contributed by atoms with E-state index < -0.39 is 0 Å². The Morgan fingerprint density at radius 2 is 1.77 bits per heavy atom. The van der Waals surface area contributed by atoms with E-state index in [2.05, 4.69) is 60.7 Å². The van der Waals surface area contributed by atoms with E-state index in [0.29, 0.717) is 0 Å². The molecule has 1 saturated heterocycles. The minimum absolute atomic E-state index is 0.173. The van der Waals surface area contributed by atoms with E-state index in [1.807, 2.05) is 16.6 Å². The zero-order valence-corrected chi connectivity index (χ0v) is 13.4. The van der Waals surface area contributed by atoms with Crippen molar-refractivity contribution in [3.05, 3.63) is 66.2 Å². The van der Waals surface area contributed by atoms with Crippen LogP contribution in [-0.2, 0) is 4.79 Å². The monoisotopic (exact) mass is 309 g/mol. The van der Waals surface area contributed by atoms with Gasteiger partial charge in [0.05, 0.1) is 5.92 Å². The van der Waals surface area contributed by atoms with Gasteiger partial charge in [-0.05, 0) is 23.1 Å². The molecule has 0 N–H and O–H groups in total. The van der Waals surface area contributed by atoms with E-state index in [0.717, 1.165) is 13.0 Å². The minimum atomic E-state index is 0.173. The number of rotatable bonds is 5. The summed E-state index contributed by atoms with van der Waals surface area (Å²) < 4.78 is 1.81. The number of allylic oxidation sites excluding steroid dienone is 1. The molecule has 3 rings (SSSR count). The van der Waals surface area contributed by atoms with Gasteiger partial charge in [-0.3, -0.25) is 9.10 Å². The Labute approximate surface area is 136 Å². The number of carbonyl (C=O) groups is 1. The summed E-state index contributed by atoms with van der Waals surface area (Å²) in [5, 5.41) is 0. The van der Waals surface area contributed by atoms with E-state index in [1.54, 1.807) is 0 Å². The fraction of sp³-hybridized carbons (Fsp3) is 0.211. The highest BCUT2D eigenvalue weighted by molar-refractivity contribution is 7.96. The summed E-state index contributed by atoms with van der Waals surface area (Å²) in [7, 11) is 0. The first-order chi connectivity index (χ1) is 10.8. The Hall–Kier alpha value is -2.00. The third kappa shape index (κ3) is 3.25. The number of β-lactam (4-membered cyclic amide) rings is 1. The van der Waals surface area contributed by atoms with Gasteiger partial charge in [-0.15, -0.1) is 0 Å². The average Bonchev–Trinajstić information content (AvgIpc) is 2.58. The molecule has 0 saturated carbocycles. The first-order valence-electron chi connectivity index (χ1n) is 7.45. The van der Waals surface area contributed by atoms with Crippen LogP contribution in [0.15, 0.2) is 60.7 Å². The molecule has 1 amide bonds. The van der Waals surface area contributed by atoms with Crippen LogP contribution in [0.3, 0.4) is 0 Å². The standard InChI is InChI=1S/C19H19NOS/c1-22-20-14-18(19(20)21)9-5-6-15-10-12-17(13-11-15)16-7-3-2-4-8-16/h2-8,10-13,18H,9,14H2,1H3/b6-5+/t18-/m0/s1. The van der Waals surface area contributed by atoms with Crippen molar-refractivity contribution >= 4 is 23.9 Å². The van der Waals surface area contributed by atoms with E-state index in [9.17, 15) is 4.79 Å². The number of carbonyl (C=O) groups excluding carboxylic acids is 1. The molecule has 0 unspecified atom stereocenters. The molecule has 0 spiro atoms. The van der Waals surface area contributed by atoms with Crippen LogP contribution in [0.5, 0.6) is 0 Å². The van der Waals surface area contributed by atoms with Crippen LogP contribution in [0.25, 0.3) is 17.2 Å². The lowest BCUT2D eigenvalue weighted by Crippen LogP contribution is -2.47. The highest BCUT2D eigenvalue weighted by Crippen LogP contribution is 2.27. The van der Waals surface area contributed by atoms with Crippen molar-refractivity contribution in [2.24, 2.45) is 5.92 Å². The van der Waals surface area contributed by atoms with Crippen LogP contribution in [0.2, 0.25) is 0 Å². The molecule has 2 nitrogen and oxygen atoms in total. The van der Waals surface area contributed by atoms with Crippen molar-refractivity contribution in [3.63, 3.8) is 0 Å². The molecule has 0 aromatic heterocycles. The van der Waals surface area contributed by atoms with Gasteiger partial charge in [0.2, 0.25) is 5.91 Å². The number of hydrogen-bond acceptors (Lipinski definition) is 2. The lowest BCUT2D eigenvalue weighted by atomic mass is 9.97. The summed E-state index contributed by atoms with van der Waals surface area (Å²) in [6, 6.07) is 18.9. The number of hydrogen-bond donors (Lipinski definition) is 0. The van der Waals surface area contributed by atoms with Crippen molar-refractivity contribution in [2.45, 2.75) is 6.42 Å². The van der Waals surface area contributed by atoms with Gasteiger partial charge >= 0.3 is 0 Å². The molecule has 2 aromatic rings. The fourth-order valence-corrected chi connectivity index (χ4v) is 3.24. The third-order valence-corrected chi connectivity index (χ3v) is 4.72. The maximum absolute atomic E-state index is 11.7. The molecular weight excluding hydrogens is 290 g/mol. The molecule has 1 aliphatic heterocycles. The van der Waals surface area contributed by atoms with Crippen LogP contribution in [0.1, 0.15) is 12.0 Å². The zero-order chi connectivity index (χ0) is 15.4. The predicted octanol–water partition coefficient (Wildman–Crippen LogP) is 4.49. The molecule has 1 aliphatic rings. The van der Waals surface area contributed by atoms with Gasteiger partial charge in [0.15, 0.2) is 0 Å². The topological polar surface area (TPSA) is 20.3 Å². The van der Waals surface area contributed by atoms with Gasteiger partial charge in [0.1, 0.15) is 0 Å². The highest BCUT2D eigenvalue weighted by atomic mass is 32.2. The van der Waals surface area contributed by atoms with E-state index in [4.69, 9.17) is 0 Å². The summed E-state index contributed by atoms with van der Waals surface area (Å²) in [6.07, 6.45) is 6.98. The molecule has 2 aromatic carbocycles. The molecule has 1 atom stereocenters. The van der Waals surface area contributed by atoms with Gasteiger partial charge in [-0.25, -0.2) is 0 Å². The SMILES string of the molecule is CSN1C[C@H](C/C=C/c2ccc(-c3ccccc3)cc2)C1=O. The Balaban J connectivity index is 1.58. The van der Waals surface area contributed by atoms with Crippen molar-refractivity contribution in [1.82, 2.24) is 4.31 Å². The Morgan fingerprint density at radius 1 is 1.09 bits per heavy atom. The van der Waals surface area contributed by atoms with Crippen LogP contribution in [-0.4, -0.2) is 23.0 Å².